The second-order valence-corrected chi connectivity index (χ2v) is 10.5. The Balaban J connectivity index is 1.55. The normalized spacial score (nSPS) is 21.0. The number of nitrogens with zero attached hydrogens (tertiary/aromatic N) is 1. The number of anilines is 2. The van der Waals surface area contributed by atoms with Crippen LogP contribution in [0.25, 0.3) is 0 Å². The lowest BCUT2D eigenvalue weighted by atomic mass is 9.98. The number of amides is 2. The van der Waals surface area contributed by atoms with E-state index in [1.165, 1.54) is 10.4 Å². The first-order valence-electron chi connectivity index (χ1n) is 11.2. The number of aryl methyl sites for hydroxylation is 2. The van der Waals surface area contributed by atoms with Crippen LogP contribution in [0.2, 0.25) is 0 Å². The molecule has 4 rings (SSSR count). The summed E-state index contributed by atoms with van der Waals surface area (Å²) in [4.78, 5) is 25.0. The van der Waals surface area contributed by atoms with Gasteiger partial charge in [-0.2, -0.15) is 4.31 Å². The third-order valence-corrected chi connectivity index (χ3v) is 8.24. The third-order valence-electron chi connectivity index (χ3n) is 6.24. The predicted octanol–water partition coefficient (Wildman–Crippen LogP) is 3.32. The number of para-hydroxylation sites is 1. The molecule has 0 saturated carbocycles. The molecule has 2 atom stereocenters. The molecule has 0 aliphatic carbocycles. The van der Waals surface area contributed by atoms with Crippen molar-refractivity contribution in [1.82, 2.24) is 4.31 Å². The van der Waals surface area contributed by atoms with Crippen LogP contribution in [0.15, 0.2) is 41.3 Å². The van der Waals surface area contributed by atoms with Crippen molar-refractivity contribution in [1.29, 1.82) is 0 Å². The number of benzene rings is 2. The molecule has 0 bridgehead atoms. The Morgan fingerprint density at radius 3 is 2.79 bits per heavy atom. The van der Waals surface area contributed by atoms with Gasteiger partial charge in [-0.3, -0.25) is 9.59 Å². The fraction of sp³-hybridized carbons (Fsp3) is 0.417. The molecule has 1 fully saturated rings. The summed E-state index contributed by atoms with van der Waals surface area (Å²) in [7, 11) is -3.85. The summed E-state index contributed by atoms with van der Waals surface area (Å²) >= 11 is 0. The summed E-state index contributed by atoms with van der Waals surface area (Å²) < 4.78 is 34.0. The van der Waals surface area contributed by atoms with Crippen molar-refractivity contribution in [3.05, 3.63) is 47.5 Å². The number of carbonyl (C=O) groups is 2. The molecule has 2 aliphatic rings. The van der Waals surface area contributed by atoms with Gasteiger partial charge in [-0.05, 0) is 56.4 Å². The van der Waals surface area contributed by atoms with Crippen molar-refractivity contribution >= 4 is 33.2 Å². The minimum absolute atomic E-state index is 0.118. The molecule has 33 heavy (non-hydrogen) atoms. The van der Waals surface area contributed by atoms with Crippen molar-refractivity contribution in [2.45, 2.75) is 51.0 Å². The minimum atomic E-state index is -3.85. The van der Waals surface area contributed by atoms with Crippen molar-refractivity contribution in [2.24, 2.45) is 5.92 Å². The Kier molecular flexibility index (Phi) is 6.45. The number of piperidine rings is 1. The largest absolute Gasteiger partial charge is 0.479 e. The van der Waals surface area contributed by atoms with Crippen LogP contribution >= 0.6 is 0 Å². The summed E-state index contributed by atoms with van der Waals surface area (Å²) in [5.74, 6) is -0.550. The minimum Gasteiger partial charge on any atom is -0.479 e. The molecule has 2 aromatic rings. The Bertz CT molecular complexity index is 1190. The van der Waals surface area contributed by atoms with E-state index in [-0.39, 0.29) is 23.3 Å². The monoisotopic (exact) mass is 471 g/mol. The van der Waals surface area contributed by atoms with Gasteiger partial charge in [0.1, 0.15) is 5.75 Å². The molecule has 2 unspecified atom stereocenters. The van der Waals surface area contributed by atoms with Gasteiger partial charge < -0.3 is 15.4 Å². The number of fused-ring (bicyclic) bond motifs is 1. The lowest BCUT2D eigenvalue weighted by molar-refractivity contribution is -0.123. The van der Waals surface area contributed by atoms with E-state index in [0.717, 1.165) is 17.7 Å². The molecule has 8 nitrogen and oxygen atoms in total. The van der Waals surface area contributed by atoms with Gasteiger partial charge in [0.05, 0.1) is 16.5 Å². The molecule has 2 aliphatic heterocycles. The highest BCUT2D eigenvalue weighted by Crippen LogP contribution is 2.36. The maximum Gasteiger partial charge on any atom is 0.265 e. The molecule has 0 aromatic heterocycles. The molecule has 9 heteroatoms. The van der Waals surface area contributed by atoms with Crippen molar-refractivity contribution in [2.75, 3.05) is 23.7 Å². The molecule has 0 spiro atoms. The third kappa shape index (κ3) is 4.60. The number of nitrogens with one attached hydrogen (secondary N) is 2. The standard InChI is InChI=1S/C24H29N3O5S/c1-4-17-8-5-6-10-19(17)25-24(29)18-9-7-11-27(14-18)33(30,31)22-13-21-20(12-15(22)2)26-23(28)16(3)32-21/h5-6,8,10,12-13,16,18H,4,7,9,11,14H2,1-3H3,(H,25,29)(H,26,28). The number of ether oxygens (including phenoxy) is 1. The Hall–Kier alpha value is -2.91. The van der Waals surface area contributed by atoms with E-state index in [4.69, 9.17) is 4.74 Å². The number of sulfonamides is 1. The van der Waals surface area contributed by atoms with Crippen LogP contribution in [0, 0.1) is 12.8 Å². The van der Waals surface area contributed by atoms with Crippen LogP contribution in [0.1, 0.15) is 37.8 Å². The van der Waals surface area contributed by atoms with Crippen LogP contribution in [-0.4, -0.2) is 43.7 Å². The topological polar surface area (TPSA) is 105 Å². The van der Waals surface area contributed by atoms with Gasteiger partial charge >= 0.3 is 0 Å². The Morgan fingerprint density at radius 1 is 1.27 bits per heavy atom. The molecule has 1 saturated heterocycles. The van der Waals surface area contributed by atoms with Crippen molar-refractivity contribution in [3.63, 3.8) is 0 Å². The average Bonchev–Trinajstić information content (AvgIpc) is 2.80. The molecular formula is C24H29N3O5S. The fourth-order valence-electron chi connectivity index (χ4n) is 4.32. The Labute approximate surface area is 194 Å². The summed E-state index contributed by atoms with van der Waals surface area (Å²) in [6.07, 6.45) is 1.31. The molecule has 2 amide bonds. The predicted molar refractivity (Wildman–Crippen MR) is 126 cm³/mol. The van der Waals surface area contributed by atoms with Crippen LogP contribution in [0.4, 0.5) is 11.4 Å². The zero-order chi connectivity index (χ0) is 23.8. The fourth-order valence-corrected chi connectivity index (χ4v) is 6.07. The first-order chi connectivity index (χ1) is 15.7. The summed E-state index contributed by atoms with van der Waals surface area (Å²) in [5.41, 5.74) is 2.77. The van der Waals surface area contributed by atoms with E-state index in [9.17, 15) is 18.0 Å². The maximum atomic E-state index is 13.5. The van der Waals surface area contributed by atoms with Gasteiger partial charge in [-0.1, -0.05) is 25.1 Å². The smallest absolute Gasteiger partial charge is 0.265 e. The van der Waals surface area contributed by atoms with Crippen molar-refractivity contribution < 1.29 is 22.7 Å². The summed E-state index contributed by atoms with van der Waals surface area (Å²) in [5, 5.41) is 5.72. The van der Waals surface area contributed by atoms with E-state index < -0.39 is 22.0 Å². The highest BCUT2D eigenvalue weighted by Gasteiger charge is 2.35. The van der Waals surface area contributed by atoms with E-state index in [1.807, 2.05) is 31.2 Å². The van der Waals surface area contributed by atoms with E-state index >= 15 is 0 Å². The maximum absolute atomic E-state index is 13.5. The highest BCUT2D eigenvalue weighted by molar-refractivity contribution is 7.89. The van der Waals surface area contributed by atoms with Gasteiger partial charge in [0.2, 0.25) is 15.9 Å². The van der Waals surface area contributed by atoms with Crippen LogP contribution in [0.5, 0.6) is 5.75 Å². The van der Waals surface area contributed by atoms with E-state index in [1.54, 1.807) is 19.9 Å². The molecule has 176 valence electrons. The zero-order valence-corrected chi connectivity index (χ0v) is 19.9. The molecule has 0 radical (unpaired) electrons. The van der Waals surface area contributed by atoms with Crippen LogP contribution in [0.3, 0.4) is 0 Å². The van der Waals surface area contributed by atoms with Gasteiger partial charge in [-0.15, -0.1) is 0 Å². The van der Waals surface area contributed by atoms with Gasteiger partial charge in [0, 0.05) is 24.8 Å². The summed E-state index contributed by atoms with van der Waals surface area (Å²) in [6, 6.07) is 10.7. The summed E-state index contributed by atoms with van der Waals surface area (Å²) in [6.45, 7) is 5.79. The second kappa shape index (κ2) is 9.15. The molecule has 2 N–H and O–H groups in total. The SMILES string of the molecule is CCc1ccccc1NC(=O)C1CCCN(S(=O)(=O)c2cc3c(cc2C)NC(=O)C(C)O3)C1. The zero-order valence-electron chi connectivity index (χ0n) is 19.1. The molecule has 2 aromatic carbocycles. The lowest BCUT2D eigenvalue weighted by Gasteiger charge is -2.32. The van der Waals surface area contributed by atoms with Gasteiger partial charge in [0.25, 0.3) is 5.91 Å². The number of hydrogen-bond acceptors (Lipinski definition) is 5. The van der Waals surface area contributed by atoms with Gasteiger partial charge in [-0.25, -0.2) is 8.42 Å². The highest BCUT2D eigenvalue weighted by atomic mass is 32.2. The number of hydrogen-bond donors (Lipinski definition) is 2. The number of rotatable bonds is 5. The average molecular weight is 472 g/mol. The van der Waals surface area contributed by atoms with E-state index in [2.05, 4.69) is 10.6 Å². The first-order valence-corrected chi connectivity index (χ1v) is 12.7. The van der Waals surface area contributed by atoms with E-state index in [0.29, 0.717) is 36.4 Å². The number of carbonyl (C=O) groups excluding carboxylic acids is 2. The Morgan fingerprint density at radius 2 is 2.03 bits per heavy atom. The van der Waals surface area contributed by atoms with Crippen molar-refractivity contribution in [3.8, 4) is 5.75 Å². The second-order valence-electron chi connectivity index (χ2n) is 8.57. The molecular weight excluding hydrogens is 442 g/mol. The first kappa shape index (κ1) is 23.3. The lowest BCUT2D eigenvalue weighted by Crippen LogP contribution is -2.44. The molecule has 2 heterocycles. The van der Waals surface area contributed by atoms with Gasteiger partial charge in [0.15, 0.2) is 6.10 Å². The quantitative estimate of drug-likeness (QED) is 0.696. The van der Waals surface area contributed by atoms with Crippen LogP contribution < -0.4 is 15.4 Å². The van der Waals surface area contributed by atoms with Crippen LogP contribution in [-0.2, 0) is 26.0 Å².